The zero-order valence-corrected chi connectivity index (χ0v) is 31.7. The van der Waals surface area contributed by atoms with Crippen molar-refractivity contribution in [2.24, 2.45) is 0 Å². The summed E-state index contributed by atoms with van der Waals surface area (Å²) in [5.74, 6) is 2.03. The van der Waals surface area contributed by atoms with E-state index in [0.29, 0.717) is 23.3 Å². The van der Waals surface area contributed by atoms with Crippen LogP contribution in [0.5, 0.6) is 11.5 Å². The summed E-state index contributed by atoms with van der Waals surface area (Å²) in [4.78, 5) is 14.2. The van der Waals surface area contributed by atoms with Gasteiger partial charge in [0.1, 0.15) is 11.5 Å². The highest BCUT2D eigenvalue weighted by Crippen LogP contribution is 2.46. The topological polar surface area (TPSA) is 35.5 Å². The Kier molecular flexibility index (Phi) is 11.1. The Labute approximate surface area is 310 Å². The van der Waals surface area contributed by atoms with Crippen molar-refractivity contribution in [2.45, 2.75) is 79.1 Å². The van der Waals surface area contributed by atoms with E-state index in [4.69, 9.17) is 9.47 Å². The average Bonchev–Trinajstić information content (AvgIpc) is 3.14. The molecule has 0 unspecified atom stereocenters. The summed E-state index contributed by atoms with van der Waals surface area (Å²) in [6, 6.07) is 45.7. The van der Waals surface area contributed by atoms with E-state index in [2.05, 4.69) is 152 Å². The van der Waals surface area contributed by atoms with Crippen LogP contribution in [0.3, 0.4) is 0 Å². The van der Waals surface area contributed by atoms with Gasteiger partial charge in [0.2, 0.25) is 0 Å². The van der Waals surface area contributed by atoms with Gasteiger partial charge in [0.05, 0.1) is 0 Å². The molecule has 0 aliphatic heterocycles. The molecular weight excluding hydrogens is 637 g/mol. The lowest BCUT2D eigenvalue weighted by Gasteiger charge is -2.23. The van der Waals surface area contributed by atoms with E-state index in [9.17, 15) is 4.79 Å². The predicted molar refractivity (Wildman–Crippen MR) is 218 cm³/mol. The molecule has 6 aromatic carbocycles. The summed E-state index contributed by atoms with van der Waals surface area (Å²) in [5, 5.41) is 0. The molecule has 6 aromatic rings. The summed E-state index contributed by atoms with van der Waals surface area (Å²) in [7, 11) is 0. The van der Waals surface area contributed by atoms with E-state index < -0.39 is 6.16 Å². The zero-order valence-electron chi connectivity index (χ0n) is 31.7. The standard InChI is InChI=1S/C49H50O3/c1-31(2)35-19-9-13-23-39(35)43-27-17-29-45(47(43)41-25-15-11-21-37(41)33(5)6)51-49(50)52-46-30-18-28-44(40-24-14-10-20-36(40)32(3)4)48(46)42-26-16-12-22-38(42)34(7)8/h9-34H,1-8H3. The first-order valence-electron chi connectivity index (χ1n) is 18.6. The molecule has 0 saturated heterocycles. The quantitative estimate of drug-likeness (QED) is 0.106. The van der Waals surface area contributed by atoms with Crippen LogP contribution in [0.15, 0.2) is 133 Å². The molecule has 0 N–H and O–H groups in total. The second-order valence-corrected chi connectivity index (χ2v) is 14.8. The Hall–Kier alpha value is -5.41. The SMILES string of the molecule is CC(C)c1ccccc1-c1cccc(OC(=O)Oc2cccc(-c3ccccc3C(C)C)c2-c2ccccc2C(C)C)c1-c1ccccc1C(C)C. The maximum atomic E-state index is 14.2. The normalized spacial score (nSPS) is 11.5. The molecule has 3 nitrogen and oxygen atoms in total. The van der Waals surface area contributed by atoms with Crippen LogP contribution in [0.4, 0.5) is 4.79 Å². The van der Waals surface area contributed by atoms with Gasteiger partial charge in [0, 0.05) is 11.1 Å². The van der Waals surface area contributed by atoms with E-state index in [1.54, 1.807) is 0 Å². The van der Waals surface area contributed by atoms with Crippen molar-refractivity contribution in [2.75, 3.05) is 0 Å². The molecular formula is C49H50O3. The van der Waals surface area contributed by atoms with Gasteiger partial charge in [-0.05, 0) is 91.4 Å². The molecule has 264 valence electrons. The van der Waals surface area contributed by atoms with Crippen molar-refractivity contribution in [1.29, 1.82) is 0 Å². The smallest absolute Gasteiger partial charge is 0.394 e. The van der Waals surface area contributed by atoms with E-state index in [0.717, 1.165) is 44.5 Å². The van der Waals surface area contributed by atoms with E-state index >= 15 is 0 Å². The van der Waals surface area contributed by atoms with Crippen molar-refractivity contribution in [3.63, 3.8) is 0 Å². The first kappa shape index (κ1) is 36.4. The molecule has 3 heteroatoms. The highest BCUT2D eigenvalue weighted by molar-refractivity contribution is 5.93. The van der Waals surface area contributed by atoms with Crippen LogP contribution in [-0.4, -0.2) is 6.16 Å². The second-order valence-electron chi connectivity index (χ2n) is 14.8. The van der Waals surface area contributed by atoms with E-state index in [1.807, 2.05) is 36.4 Å². The lowest BCUT2D eigenvalue weighted by Crippen LogP contribution is -2.15. The number of rotatable bonds is 10. The highest BCUT2D eigenvalue weighted by atomic mass is 16.7. The number of carbonyl (C=O) groups excluding carboxylic acids is 1. The Balaban J connectivity index is 1.51. The minimum atomic E-state index is -0.782. The summed E-state index contributed by atoms with van der Waals surface area (Å²) in [6.07, 6.45) is -0.782. The van der Waals surface area contributed by atoms with Crippen LogP contribution in [0.25, 0.3) is 44.5 Å². The van der Waals surface area contributed by atoms with Crippen molar-refractivity contribution >= 4 is 6.16 Å². The Bertz CT molecular complexity index is 2030. The highest BCUT2D eigenvalue weighted by Gasteiger charge is 2.25. The maximum Gasteiger partial charge on any atom is 0.519 e. The fourth-order valence-corrected chi connectivity index (χ4v) is 7.39. The van der Waals surface area contributed by atoms with E-state index in [-0.39, 0.29) is 11.8 Å². The average molecular weight is 687 g/mol. The summed E-state index contributed by atoms with van der Waals surface area (Å²) < 4.78 is 12.6. The number of carbonyl (C=O) groups is 1. The molecule has 0 amide bonds. The monoisotopic (exact) mass is 686 g/mol. The Morgan fingerprint density at radius 1 is 0.346 bits per heavy atom. The molecule has 52 heavy (non-hydrogen) atoms. The molecule has 0 fully saturated rings. The van der Waals surface area contributed by atoms with Crippen molar-refractivity contribution in [3.05, 3.63) is 156 Å². The lowest BCUT2D eigenvalue weighted by atomic mass is 9.85. The minimum absolute atomic E-state index is 0.254. The van der Waals surface area contributed by atoms with Crippen LogP contribution >= 0.6 is 0 Å². The number of hydrogen-bond donors (Lipinski definition) is 0. The summed E-state index contributed by atoms with van der Waals surface area (Å²) in [5.41, 5.74) is 12.9. The van der Waals surface area contributed by atoms with Gasteiger partial charge in [-0.15, -0.1) is 0 Å². The zero-order chi connectivity index (χ0) is 36.9. The second kappa shape index (κ2) is 15.9. The number of ether oxygens (including phenoxy) is 2. The van der Waals surface area contributed by atoms with Gasteiger partial charge in [-0.1, -0.05) is 177 Å². The molecule has 6 rings (SSSR count). The number of hydrogen-bond acceptors (Lipinski definition) is 3. The molecule has 0 spiro atoms. The van der Waals surface area contributed by atoms with Gasteiger partial charge in [-0.2, -0.15) is 0 Å². The van der Waals surface area contributed by atoms with Crippen molar-refractivity contribution in [3.8, 4) is 56.0 Å². The van der Waals surface area contributed by atoms with Gasteiger partial charge in [-0.25, -0.2) is 4.79 Å². The van der Waals surface area contributed by atoms with Gasteiger partial charge in [-0.3, -0.25) is 0 Å². The first-order valence-corrected chi connectivity index (χ1v) is 18.6. The third-order valence-corrected chi connectivity index (χ3v) is 9.89. The minimum Gasteiger partial charge on any atom is -0.394 e. The maximum absolute atomic E-state index is 14.2. The van der Waals surface area contributed by atoms with Gasteiger partial charge < -0.3 is 9.47 Å². The van der Waals surface area contributed by atoms with Gasteiger partial charge in [0.15, 0.2) is 0 Å². The van der Waals surface area contributed by atoms with Crippen LogP contribution in [0, 0.1) is 0 Å². The van der Waals surface area contributed by atoms with Crippen LogP contribution in [-0.2, 0) is 0 Å². The molecule has 0 aliphatic rings. The van der Waals surface area contributed by atoms with E-state index in [1.165, 1.54) is 22.3 Å². The molecule has 0 heterocycles. The predicted octanol–water partition coefficient (Wildman–Crippen LogP) is 14.4. The lowest BCUT2D eigenvalue weighted by molar-refractivity contribution is 0.152. The summed E-state index contributed by atoms with van der Waals surface area (Å²) in [6.45, 7) is 17.6. The molecule has 0 radical (unpaired) electrons. The molecule has 0 bridgehead atoms. The third-order valence-electron chi connectivity index (χ3n) is 9.89. The fraction of sp³-hybridized carbons (Fsp3) is 0.245. The van der Waals surface area contributed by atoms with Crippen LogP contribution in [0.2, 0.25) is 0 Å². The van der Waals surface area contributed by atoms with Crippen LogP contribution in [0.1, 0.15) is 101 Å². The van der Waals surface area contributed by atoms with Gasteiger partial charge >= 0.3 is 6.16 Å². The number of benzene rings is 6. The molecule has 0 saturated carbocycles. The Morgan fingerprint density at radius 2 is 0.615 bits per heavy atom. The Morgan fingerprint density at radius 3 is 0.942 bits per heavy atom. The van der Waals surface area contributed by atoms with Crippen LogP contribution < -0.4 is 9.47 Å². The molecule has 0 aliphatic carbocycles. The third kappa shape index (κ3) is 7.46. The largest absolute Gasteiger partial charge is 0.519 e. The fourth-order valence-electron chi connectivity index (χ4n) is 7.39. The van der Waals surface area contributed by atoms with Crippen molar-refractivity contribution in [1.82, 2.24) is 0 Å². The summed E-state index contributed by atoms with van der Waals surface area (Å²) >= 11 is 0. The first-order chi connectivity index (χ1) is 25.1. The molecule has 0 aromatic heterocycles. The van der Waals surface area contributed by atoms with Crippen molar-refractivity contribution < 1.29 is 14.3 Å². The molecule has 0 atom stereocenters. The van der Waals surface area contributed by atoms with Gasteiger partial charge in [0.25, 0.3) is 0 Å².